The van der Waals surface area contributed by atoms with Crippen molar-refractivity contribution in [1.82, 2.24) is 18.7 Å². The Kier molecular flexibility index (Phi) is 6.28. The number of benzene rings is 3. The number of aromatic nitrogens is 4. The summed E-state index contributed by atoms with van der Waals surface area (Å²) < 4.78 is 18.6. The average molecular weight is 509 g/mol. The van der Waals surface area contributed by atoms with E-state index in [1.54, 1.807) is 30.3 Å². The molecule has 0 aliphatic rings. The predicted octanol–water partition coefficient (Wildman–Crippen LogP) is 4.95. The number of rotatable bonds is 6. The molecule has 9 heteroatoms. The van der Waals surface area contributed by atoms with Crippen molar-refractivity contribution in [1.29, 1.82) is 0 Å². The first-order valence-electron chi connectivity index (χ1n) is 10.8. The van der Waals surface area contributed by atoms with Crippen LogP contribution >= 0.6 is 23.2 Å². The number of halogens is 3. The number of fused-ring (bicyclic) bond motifs is 1. The molecule has 0 radical (unpaired) electrons. The minimum atomic E-state index is -1.02. The molecule has 0 saturated carbocycles. The third kappa shape index (κ3) is 4.78. The van der Waals surface area contributed by atoms with Gasteiger partial charge in [0.2, 0.25) is 5.82 Å². The lowest BCUT2D eigenvalue weighted by Gasteiger charge is -2.13. The van der Waals surface area contributed by atoms with E-state index in [1.807, 2.05) is 47.0 Å². The normalized spacial score (nSPS) is 11.3. The fourth-order valence-corrected chi connectivity index (χ4v) is 4.51. The zero-order chi connectivity index (χ0) is 24.5. The Balaban J connectivity index is 1.58. The molecule has 0 N–H and O–H groups in total. The van der Waals surface area contributed by atoms with Crippen molar-refractivity contribution >= 4 is 34.2 Å². The number of imidazole rings is 1. The number of hydrogen-bond donors (Lipinski definition) is 0. The number of para-hydroxylation sites is 2. The highest BCUT2D eigenvalue weighted by Crippen LogP contribution is 2.20. The van der Waals surface area contributed by atoms with Gasteiger partial charge in [0.25, 0.3) is 5.56 Å². The summed E-state index contributed by atoms with van der Waals surface area (Å²) in [5.41, 5.74) is 1.54. The molecule has 0 amide bonds. The molecule has 5 aromatic rings. The molecule has 35 heavy (non-hydrogen) atoms. The van der Waals surface area contributed by atoms with E-state index in [2.05, 4.69) is 4.98 Å². The van der Waals surface area contributed by atoms with Crippen molar-refractivity contribution in [2.24, 2.45) is 0 Å². The Morgan fingerprint density at radius 3 is 2.06 bits per heavy atom. The van der Waals surface area contributed by atoms with E-state index in [1.165, 1.54) is 0 Å². The summed E-state index contributed by atoms with van der Waals surface area (Å²) in [4.78, 5) is 30.4. The Bertz CT molecular complexity index is 1670. The van der Waals surface area contributed by atoms with E-state index in [9.17, 15) is 14.0 Å². The topological polar surface area (TPSA) is 61.8 Å². The second-order valence-corrected chi connectivity index (χ2v) is 9.01. The fraction of sp³-hybridized carbons (Fsp3) is 0.115. The van der Waals surface area contributed by atoms with Crippen LogP contribution in [0.5, 0.6) is 0 Å². The van der Waals surface area contributed by atoms with Gasteiger partial charge >= 0.3 is 5.69 Å². The van der Waals surface area contributed by atoms with Crippen LogP contribution in [-0.4, -0.2) is 18.7 Å². The van der Waals surface area contributed by atoms with Crippen LogP contribution in [0.4, 0.5) is 4.39 Å². The van der Waals surface area contributed by atoms with Gasteiger partial charge in [-0.2, -0.15) is 4.39 Å². The van der Waals surface area contributed by atoms with Crippen LogP contribution in [0.25, 0.3) is 11.0 Å². The highest BCUT2D eigenvalue weighted by molar-refractivity contribution is 6.30. The molecule has 5 rings (SSSR count). The second kappa shape index (κ2) is 9.52. The van der Waals surface area contributed by atoms with Gasteiger partial charge in [0.15, 0.2) is 0 Å². The Hall–Kier alpha value is -3.68. The average Bonchev–Trinajstić information content (AvgIpc) is 3.17. The number of nitrogens with zero attached hydrogens (tertiary/aromatic N) is 4. The molecule has 0 aliphatic carbocycles. The van der Waals surface area contributed by atoms with Gasteiger partial charge in [-0.1, -0.05) is 59.6 Å². The van der Waals surface area contributed by atoms with E-state index < -0.39 is 17.1 Å². The van der Waals surface area contributed by atoms with Crippen molar-refractivity contribution < 1.29 is 4.39 Å². The molecule has 2 aromatic heterocycles. The minimum absolute atomic E-state index is 0.0270. The second-order valence-electron chi connectivity index (χ2n) is 8.14. The van der Waals surface area contributed by atoms with Crippen LogP contribution in [-0.2, 0) is 19.6 Å². The zero-order valence-electron chi connectivity index (χ0n) is 18.4. The lowest BCUT2D eigenvalue weighted by molar-refractivity contribution is 0.510. The van der Waals surface area contributed by atoms with E-state index in [4.69, 9.17) is 23.2 Å². The molecule has 0 atom stereocenters. The molecule has 3 aromatic carbocycles. The van der Waals surface area contributed by atoms with E-state index in [0.29, 0.717) is 28.0 Å². The molecule has 0 spiro atoms. The smallest absolute Gasteiger partial charge is 0.322 e. The highest BCUT2D eigenvalue weighted by Gasteiger charge is 2.16. The fourth-order valence-electron chi connectivity index (χ4n) is 4.08. The summed E-state index contributed by atoms with van der Waals surface area (Å²) in [7, 11) is 0. The first kappa shape index (κ1) is 23.1. The first-order chi connectivity index (χ1) is 16.9. The van der Waals surface area contributed by atoms with Gasteiger partial charge in [-0.05, 0) is 47.5 Å². The molecule has 2 heterocycles. The molecule has 0 bridgehead atoms. The summed E-state index contributed by atoms with van der Waals surface area (Å²) in [6.07, 6.45) is 0.933. The van der Waals surface area contributed by atoms with Crippen LogP contribution < -0.4 is 11.2 Å². The third-order valence-electron chi connectivity index (χ3n) is 5.70. The van der Waals surface area contributed by atoms with Gasteiger partial charge in [0.1, 0.15) is 5.82 Å². The summed E-state index contributed by atoms with van der Waals surface area (Å²) in [5.74, 6) is -0.482. The molecular weight excluding hydrogens is 490 g/mol. The number of hydrogen-bond acceptors (Lipinski definition) is 3. The summed E-state index contributed by atoms with van der Waals surface area (Å²) in [5, 5.41) is 1.07. The maximum atomic E-state index is 14.6. The largest absolute Gasteiger partial charge is 0.331 e. The maximum absolute atomic E-state index is 14.6. The molecule has 0 unspecified atom stereocenters. The van der Waals surface area contributed by atoms with Crippen molar-refractivity contribution in [2.45, 2.75) is 19.6 Å². The van der Waals surface area contributed by atoms with E-state index in [0.717, 1.165) is 31.9 Å². The van der Waals surface area contributed by atoms with E-state index >= 15 is 0 Å². The predicted molar refractivity (Wildman–Crippen MR) is 135 cm³/mol. The van der Waals surface area contributed by atoms with Crippen LogP contribution in [0.3, 0.4) is 0 Å². The lowest BCUT2D eigenvalue weighted by atomic mass is 10.2. The monoisotopic (exact) mass is 508 g/mol. The van der Waals surface area contributed by atoms with Gasteiger partial charge in [-0.15, -0.1) is 0 Å². The van der Waals surface area contributed by atoms with Gasteiger partial charge in [0, 0.05) is 16.6 Å². The molecule has 6 nitrogen and oxygen atoms in total. The summed E-state index contributed by atoms with van der Waals surface area (Å²) in [6.45, 7) is 0.325. The van der Waals surface area contributed by atoms with Crippen LogP contribution in [0, 0.1) is 5.82 Å². The SMILES string of the molecule is O=c1c(F)cn(Cc2nc3ccccc3n2Cc2cccc(Cl)c2)c(=O)n1Cc1cccc(Cl)c1. The lowest BCUT2D eigenvalue weighted by Crippen LogP contribution is -2.41. The van der Waals surface area contributed by atoms with Crippen molar-refractivity contribution in [3.63, 3.8) is 0 Å². The van der Waals surface area contributed by atoms with Crippen LogP contribution in [0.2, 0.25) is 10.0 Å². The highest BCUT2D eigenvalue weighted by atomic mass is 35.5. The van der Waals surface area contributed by atoms with Crippen molar-refractivity contribution in [2.75, 3.05) is 0 Å². The van der Waals surface area contributed by atoms with Crippen molar-refractivity contribution in [3.05, 3.63) is 133 Å². The molecule has 0 aliphatic heterocycles. The third-order valence-corrected chi connectivity index (χ3v) is 6.17. The van der Waals surface area contributed by atoms with Crippen LogP contribution in [0.15, 0.2) is 88.6 Å². The summed E-state index contributed by atoms with van der Waals surface area (Å²) >= 11 is 12.2. The van der Waals surface area contributed by atoms with E-state index in [-0.39, 0.29) is 13.1 Å². The van der Waals surface area contributed by atoms with Crippen LogP contribution in [0.1, 0.15) is 17.0 Å². The Morgan fingerprint density at radius 2 is 1.40 bits per heavy atom. The van der Waals surface area contributed by atoms with Gasteiger partial charge < -0.3 is 4.57 Å². The Morgan fingerprint density at radius 1 is 0.771 bits per heavy atom. The quantitative estimate of drug-likeness (QED) is 0.326. The maximum Gasteiger partial charge on any atom is 0.331 e. The van der Waals surface area contributed by atoms with Gasteiger partial charge in [-0.25, -0.2) is 9.78 Å². The molecular formula is C26H19Cl2FN4O2. The zero-order valence-corrected chi connectivity index (χ0v) is 19.9. The summed E-state index contributed by atoms with van der Waals surface area (Å²) in [6, 6.07) is 21.8. The molecule has 0 fully saturated rings. The van der Waals surface area contributed by atoms with Gasteiger partial charge in [0.05, 0.1) is 30.3 Å². The minimum Gasteiger partial charge on any atom is -0.322 e. The van der Waals surface area contributed by atoms with Crippen molar-refractivity contribution in [3.8, 4) is 0 Å². The molecule has 176 valence electrons. The molecule has 0 saturated heterocycles. The van der Waals surface area contributed by atoms with Gasteiger partial charge in [-0.3, -0.25) is 13.9 Å². The Labute approximate surface area is 209 Å². The standard InChI is InChI=1S/C26H19Cl2FN4O2/c27-19-7-3-5-17(11-19)13-32-23-10-2-1-9-22(23)30-24(32)16-31-15-21(29)25(34)33(26(31)35)14-18-6-4-8-20(28)12-18/h1-12,15H,13-14,16H2. The first-order valence-corrected chi connectivity index (χ1v) is 11.6.